The van der Waals surface area contributed by atoms with Gasteiger partial charge in [0.2, 0.25) is 0 Å². The van der Waals surface area contributed by atoms with Crippen LogP contribution < -0.4 is 4.83 Å². The number of nitrogens with zero attached hydrogens (tertiary/aromatic N) is 2. The second-order valence-electron chi connectivity index (χ2n) is 4.56. The summed E-state index contributed by atoms with van der Waals surface area (Å²) in [6.45, 7) is 1.54. The molecular formula is C14H13N3O5S. The van der Waals surface area contributed by atoms with Gasteiger partial charge >= 0.3 is 0 Å². The van der Waals surface area contributed by atoms with Crippen LogP contribution in [-0.4, -0.2) is 24.2 Å². The number of aromatic hydroxyl groups is 1. The Labute approximate surface area is 132 Å². The van der Waals surface area contributed by atoms with Gasteiger partial charge in [-0.3, -0.25) is 10.1 Å². The highest BCUT2D eigenvalue weighted by Crippen LogP contribution is 2.18. The molecule has 0 atom stereocenters. The first-order valence-corrected chi connectivity index (χ1v) is 7.88. The molecule has 0 unspecified atom stereocenters. The highest BCUT2D eigenvalue weighted by molar-refractivity contribution is 7.89. The van der Waals surface area contributed by atoms with Gasteiger partial charge in [0.1, 0.15) is 5.75 Å². The van der Waals surface area contributed by atoms with Crippen LogP contribution in [0.4, 0.5) is 5.69 Å². The molecule has 0 spiro atoms. The molecule has 120 valence electrons. The van der Waals surface area contributed by atoms with Crippen molar-refractivity contribution in [3.63, 3.8) is 0 Å². The largest absolute Gasteiger partial charge is 0.507 e. The molecule has 0 bridgehead atoms. The van der Waals surface area contributed by atoms with Gasteiger partial charge in [0.25, 0.3) is 15.7 Å². The van der Waals surface area contributed by atoms with Crippen molar-refractivity contribution in [2.75, 3.05) is 0 Å². The third kappa shape index (κ3) is 3.83. The lowest BCUT2D eigenvalue weighted by Gasteiger charge is -2.06. The summed E-state index contributed by atoms with van der Waals surface area (Å²) in [5, 5.41) is 24.0. The predicted octanol–water partition coefficient (Wildman–Crippen LogP) is 2.00. The SMILES string of the molecule is C/C(=N/NS(=O)(=O)c1ccc([N+](=O)[O-])cc1)c1ccccc1O. The molecule has 0 heterocycles. The van der Waals surface area contributed by atoms with E-state index < -0.39 is 14.9 Å². The number of non-ortho nitro benzene ring substituents is 1. The fourth-order valence-electron chi connectivity index (χ4n) is 1.77. The van der Waals surface area contributed by atoms with E-state index in [1.165, 1.54) is 13.0 Å². The molecule has 9 heteroatoms. The number of benzene rings is 2. The summed E-state index contributed by atoms with van der Waals surface area (Å²) < 4.78 is 24.2. The van der Waals surface area contributed by atoms with E-state index in [9.17, 15) is 23.6 Å². The molecule has 8 nitrogen and oxygen atoms in total. The first kappa shape index (κ1) is 16.4. The monoisotopic (exact) mass is 335 g/mol. The third-order valence-corrected chi connectivity index (χ3v) is 4.21. The quantitative estimate of drug-likeness (QED) is 0.491. The Bertz CT molecular complexity index is 860. The summed E-state index contributed by atoms with van der Waals surface area (Å²) in [5.41, 5.74) is 0.449. The van der Waals surface area contributed by atoms with E-state index >= 15 is 0 Å². The Balaban J connectivity index is 2.23. The molecule has 0 amide bonds. The van der Waals surface area contributed by atoms with E-state index in [1.54, 1.807) is 18.2 Å². The van der Waals surface area contributed by atoms with E-state index in [4.69, 9.17) is 0 Å². The number of para-hydroxylation sites is 1. The Kier molecular flexibility index (Phi) is 4.60. The highest BCUT2D eigenvalue weighted by atomic mass is 32.2. The molecule has 2 rings (SSSR count). The number of phenolic OH excluding ortho intramolecular Hbond substituents is 1. The Morgan fingerprint density at radius 1 is 1.17 bits per heavy atom. The van der Waals surface area contributed by atoms with Crippen molar-refractivity contribution < 1.29 is 18.4 Å². The second-order valence-corrected chi connectivity index (χ2v) is 6.22. The number of sulfonamides is 1. The van der Waals surface area contributed by atoms with Gasteiger partial charge in [-0.1, -0.05) is 12.1 Å². The van der Waals surface area contributed by atoms with Crippen molar-refractivity contribution in [1.82, 2.24) is 4.83 Å². The zero-order valence-electron chi connectivity index (χ0n) is 12.0. The number of hydrazone groups is 1. The van der Waals surface area contributed by atoms with Crippen molar-refractivity contribution in [3.05, 3.63) is 64.2 Å². The van der Waals surface area contributed by atoms with Crippen LogP contribution in [0.15, 0.2) is 58.5 Å². The Morgan fingerprint density at radius 2 is 1.78 bits per heavy atom. The molecule has 0 radical (unpaired) electrons. The number of hydrogen-bond acceptors (Lipinski definition) is 6. The summed E-state index contributed by atoms with van der Waals surface area (Å²) in [6.07, 6.45) is 0. The van der Waals surface area contributed by atoms with Crippen LogP contribution in [0, 0.1) is 10.1 Å². The topological polar surface area (TPSA) is 122 Å². The Morgan fingerprint density at radius 3 is 2.35 bits per heavy atom. The zero-order valence-corrected chi connectivity index (χ0v) is 12.8. The molecule has 0 aliphatic carbocycles. The van der Waals surface area contributed by atoms with Gasteiger partial charge in [0, 0.05) is 17.7 Å². The summed E-state index contributed by atoms with van der Waals surface area (Å²) in [7, 11) is -3.96. The van der Waals surface area contributed by atoms with Gasteiger partial charge in [-0.05, 0) is 31.2 Å². The van der Waals surface area contributed by atoms with E-state index in [1.807, 2.05) is 4.83 Å². The normalized spacial score (nSPS) is 12.0. The van der Waals surface area contributed by atoms with Gasteiger partial charge in [-0.15, -0.1) is 0 Å². The lowest BCUT2D eigenvalue weighted by atomic mass is 10.1. The minimum Gasteiger partial charge on any atom is -0.507 e. The average molecular weight is 335 g/mol. The summed E-state index contributed by atoms with van der Waals surface area (Å²) >= 11 is 0. The van der Waals surface area contributed by atoms with Crippen molar-refractivity contribution in [2.45, 2.75) is 11.8 Å². The maximum Gasteiger partial charge on any atom is 0.276 e. The van der Waals surface area contributed by atoms with E-state index in [0.29, 0.717) is 5.56 Å². The smallest absolute Gasteiger partial charge is 0.276 e. The number of phenols is 1. The molecule has 2 aromatic rings. The van der Waals surface area contributed by atoms with Crippen molar-refractivity contribution in [2.24, 2.45) is 5.10 Å². The van der Waals surface area contributed by atoms with Crippen LogP contribution in [0.1, 0.15) is 12.5 Å². The van der Waals surface area contributed by atoms with Gasteiger partial charge in [-0.2, -0.15) is 18.4 Å². The minimum atomic E-state index is -3.96. The van der Waals surface area contributed by atoms with Crippen molar-refractivity contribution in [3.8, 4) is 5.75 Å². The van der Waals surface area contributed by atoms with Gasteiger partial charge in [0.05, 0.1) is 15.5 Å². The summed E-state index contributed by atoms with van der Waals surface area (Å²) in [5.74, 6) is -0.0247. The molecule has 0 aliphatic heterocycles. The van der Waals surface area contributed by atoms with Crippen LogP contribution >= 0.6 is 0 Å². The van der Waals surface area contributed by atoms with Crippen LogP contribution in [0.2, 0.25) is 0 Å². The standard InChI is InChI=1S/C14H13N3O5S/c1-10(13-4-2-3-5-14(13)18)15-16-23(21,22)12-8-6-11(7-9-12)17(19)20/h2-9,16,18H,1H3/b15-10-. The first-order chi connectivity index (χ1) is 10.8. The van der Waals surface area contributed by atoms with Crippen LogP contribution in [0.3, 0.4) is 0 Å². The van der Waals surface area contributed by atoms with Gasteiger partial charge < -0.3 is 5.11 Å². The number of hydrogen-bond donors (Lipinski definition) is 2. The number of nitro groups is 1. The van der Waals surface area contributed by atoms with Gasteiger partial charge in [0.15, 0.2) is 0 Å². The molecule has 0 fully saturated rings. The summed E-state index contributed by atoms with van der Waals surface area (Å²) in [6, 6.07) is 10.8. The minimum absolute atomic E-state index is 0.0247. The van der Waals surface area contributed by atoms with E-state index in [-0.39, 0.29) is 22.0 Å². The van der Waals surface area contributed by atoms with Crippen LogP contribution in [0.25, 0.3) is 0 Å². The number of nitrogens with one attached hydrogen (secondary N) is 1. The van der Waals surface area contributed by atoms with Crippen LogP contribution in [-0.2, 0) is 10.0 Å². The molecule has 2 aromatic carbocycles. The fourth-order valence-corrected chi connectivity index (χ4v) is 2.62. The molecule has 2 N–H and O–H groups in total. The predicted molar refractivity (Wildman–Crippen MR) is 83.7 cm³/mol. The van der Waals surface area contributed by atoms with Crippen molar-refractivity contribution in [1.29, 1.82) is 0 Å². The van der Waals surface area contributed by atoms with Crippen molar-refractivity contribution >= 4 is 21.4 Å². The molecule has 0 aromatic heterocycles. The Hall–Kier alpha value is -2.94. The van der Waals surface area contributed by atoms with E-state index in [0.717, 1.165) is 24.3 Å². The maximum atomic E-state index is 12.1. The zero-order chi connectivity index (χ0) is 17.0. The molecule has 0 saturated carbocycles. The average Bonchev–Trinajstić information content (AvgIpc) is 2.53. The molecular weight excluding hydrogens is 322 g/mol. The lowest BCUT2D eigenvalue weighted by Crippen LogP contribution is -2.20. The third-order valence-electron chi connectivity index (χ3n) is 2.99. The maximum absolute atomic E-state index is 12.1. The first-order valence-electron chi connectivity index (χ1n) is 6.40. The summed E-state index contributed by atoms with van der Waals surface area (Å²) in [4.78, 5) is 11.8. The van der Waals surface area contributed by atoms with E-state index in [2.05, 4.69) is 5.10 Å². The highest BCUT2D eigenvalue weighted by Gasteiger charge is 2.15. The molecule has 23 heavy (non-hydrogen) atoms. The fraction of sp³-hybridized carbons (Fsp3) is 0.0714. The molecule has 0 saturated heterocycles. The van der Waals surface area contributed by atoms with Crippen LogP contribution in [0.5, 0.6) is 5.75 Å². The molecule has 0 aliphatic rings. The number of nitro benzene ring substituents is 1. The second kappa shape index (κ2) is 6.44. The lowest BCUT2D eigenvalue weighted by molar-refractivity contribution is -0.384. The number of rotatable bonds is 5. The van der Waals surface area contributed by atoms with Gasteiger partial charge in [-0.25, -0.2) is 0 Å².